The first-order chi connectivity index (χ1) is 6.76. The van der Waals surface area contributed by atoms with Gasteiger partial charge in [0.25, 0.3) is 0 Å². The lowest BCUT2D eigenvalue weighted by Crippen LogP contribution is -2.00. The Morgan fingerprint density at radius 1 is 1.43 bits per heavy atom. The number of nitrogens with two attached hydrogens (primary N) is 1. The van der Waals surface area contributed by atoms with Crippen molar-refractivity contribution in [2.75, 3.05) is 6.26 Å². The molecule has 0 atom stereocenters. The van der Waals surface area contributed by atoms with Crippen LogP contribution in [0.4, 0.5) is 0 Å². The van der Waals surface area contributed by atoms with Crippen molar-refractivity contribution in [2.24, 2.45) is 12.8 Å². The molecule has 0 aromatic carbocycles. The lowest BCUT2D eigenvalue weighted by molar-refractivity contribution is 0.804. The van der Waals surface area contributed by atoms with Crippen molar-refractivity contribution in [3.8, 4) is 0 Å². The molecule has 0 fully saturated rings. The quantitative estimate of drug-likeness (QED) is 0.752. The molecule has 14 heavy (non-hydrogen) atoms. The van der Waals surface area contributed by atoms with Crippen molar-refractivity contribution in [1.82, 2.24) is 14.5 Å². The molecular weight excluding hydrogens is 196 g/mol. The molecule has 0 spiro atoms. The van der Waals surface area contributed by atoms with Gasteiger partial charge >= 0.3 is 0 Å². The monoisotopic (exact) mass is 208 g/mol. The maximum absolute atomic E-state index is 5.53. The van der Waals surface area contributed by atoms with Crippen molar-refractivity contribution >= 4 is 22.9 Å². The fourth-order valence-corrected chi connectivity index (χ4v) is 1.93. The van der Waals surface area contributed by atoms with Crippen LogP contribution in [0.2, 0.25) is 0 Å². The Morgan fingerprint density at radius 3 is 2.86 bits per heavy atom. The maximum atomic E-state index is 5.53. The van der Waals surface area contributed by atoms with Crippen molar-refractivity contribution < 1.29 is 0 Å². The third-order valence-electron chi connectivity index (χ3n) is 2.12. The van der Waals surface area contributed by atoms with Gasteiger partial charge in [-0.1, -0.05) is 11.8 Å². The topological polar surface area (TPSA) is 56.7 Å². The Morgan fingerprint density at radius 2 is 2.21 bits per heavy atom. The fourth-order valence-electron chi connectivity index (χ4n) is 1.38. The molecule has 2 aromatic heterocycles. The summed E-state index contributed by atoms with van der Waals surface area (Å²) in [6.07, 6.45) is 2.01. The van der Waals surface area contributed by atoms with Crippen LogP contribution in [0.25, 0.3) is 11.2 Å². The Kier molecular flexibility index (Phi) is 2.43. The smallest absolute Gasteiger partial charge is 0.169 e. The summed E-state index contributed by atoms with van der Waals surface area (Å²) >= 11 is 1.62. The molecule has 0 aliphatic heterocycles. The summed E-state index contributed by atoms with van der Waals surface area (Å²) in [6.45, 7) is 0.468. The zero-order chi connectivity index (χ0) is 10.1. The fraction of sp³-hybridized carbons (Fsp3) is 0.333. The second-order valence-electron chi connectivity index (χ2n) is 3.01. The molecule has 0 radical (unpaired) electrons. The van der Waals surface area contributed by atoms with Crippen LogP contribution < -0.4 is 5.73 Å². The summed E-state index contributed by atoms with van der Waals surface area (Å²) in [4.78, 5) is 8.85. The molecule has 0 saturated carbocycles. The second-order valence-corrected chi connectivity index (χ2v) is 3.78. The molecule has 2 heterocycles. The van der Waals surface area contributed by atoms with Crippen LogP contribution in [-0.4, -0.2) is 20.8 Å². The van der Waals surface area contributed by atoms with Gasteiger partial charge in [-0.15, -0.1) is 0 Å². The van der Waals surface area contributed by atoms with Gasteiger partial charge in [-0.2, -0.15) is 0 Å². The minimum Gasteiger partial charge on any atom is -0.325 e. The number of hydrogen-bond acceptors (Lipinski definition) is 4. The molecule has 5 heteroatoms. The SMILES string of the molecule is CSc1nc2ccc(CN)nc2n1C. The molecule has 4 nitrogen and oxygen atoms in total. The van der Waals surface area contributed by atoms with Crippen LogP contribution in [0.3, 0.4) is 0 Å². The minimum absolute atomic E-state index is 0.468. The number of nitrogens with zero attached hydrogens (tertiary/aromatic N) is 3. The number of rotatable bonds is 2. The number of thioether (sulfide) groups is 1. The lowest BCUT2D eigenvalue weighted by atomic mass is 10.3. The van der Waals surface area contributed by atoms with Gasteiger partial charge in [0.2, 0.25) is 0 Å². The summed E-state index contributed by atoms with van der Waals surface area (Å²) in [5, 5.41) is 0.974. The standard InChI is InChI=1S/C9H12N4S/c1-13-8-7(12-9(13)14-2)4-3-6(5-10)11-8/h3-4H,5,10H2,1-2H3. The molecule has 0 amide bonds. The average molecular weight is 208 g/mol. The van der Waals surface area contributed by atoms with E-state index in [9.17, 15) is 0 Å². The van der Waals surface area contributed by atoms with Crippen molar-refractivity contribution in [2.45, 2.75) is 11.7 Å². The van der Waals surface area contributed by atoms with E-state index in [1.165, 1.54) is 0 Å². The van der Waals surface area contributed by atoms with E-state index in [4.69, 9.17) is 5.73 Å². The maximum Gasteiger partial charge on any atom is 0.169 e. The van der Waals surface area contributed by atoms with Gasteiger partial charge in [0.15, 0.2) is 10.8 Å². The van der Waals surface area contributed by atoms with E-state index in [0.29, 0.717) is 6.54 Å². The van der Waals surface area contributed by atoms with Gasteiger partial charge in [-0.05, 0) is 18.4 Å². The third-order valence-corrected chi connectivity index (χ3v) is 2.85. The molecule has 0 aliphatic carbocycles. The van der Waals surface area contributed by atoms with Crippen LogP contribution in [-0.2, 0) is 13.6 Å². The number of hydrogen-bond donors (Lipinski definition) is 1. The highest BCUT2D eigenvalue weighted by Crippen LogP contribution is 2.19. The molecule has 0 aliphatic rings. The first-order valence-electron chi connectivity index (χ1n) is 4.32. The summed E-state index contributed by atoms with van der Waals surface area (Å²) in [5.74, 6) is 0. The molecular formula is C9H12N4S. The van der Waals surface area contributed by atoms with Crippen LogP contribution in [0.5, 0.6) is 0 Å². The number of imidazole rings is 1. The first kappa shape index (κ1) is 9.48. The van der Waals surface area contributed by atoms with Crippen LogP contribution in [0.15, 0.2) is 17.3 Å². The average Bonchev–Trinajstić information content (AvgIpc) is 2.55. The number of aryl methyl sites for hydroxylation is 1. The lowest BCUT2D eigenvalue weighted by Gasteiger charge is -1.98. The van der Waals surface area contributed by atoms with E-state index in [1.807, 2.05) is 30.0 Å². The van der Waals surface area contributed by atoms with E-state index < -0.39 is 0 Å². The van der Waals surface area contributed by atoms with Crippen LogP contribution in [0, 0.1) is 0 Å². The molecule has 74 valence electrons. The predicted octanol–water partition coefficient (Wildman–Crippen LogP) is 1.15. The van der Waals surface area contributed by atoms with Crippen molar-refractivity contribution in [3.63, 3.8) is 0 Å². The van der Waals surface area contributed by atoms with E-state index >= 15 is 0 Å². The van der Waals surface area contributed by atoms with E-state index in [-0.39, 0.29) is 0 Å². The Bertz CT molecular complexity index is 463. The Labute approximate surface area is 86.5 Å². The highest BCUT2D eigenvalue weighted by atomic mass is 32.2. The summed E-state index contributed by atoms with van der Waals surface area (Å²) < 4.78 is 1.99. The van der Waals surface area contributed by atoms with Crippen molar-refractivity contribution in [3.05, 3.63) is 17.8 Å². The van der Waals surface area contributed by atoms with E-state index in [0.717, 1.165) is 22.0 Å². The Hall–Kier alpha value is -1.07. The summed E-state index contributed by atoms with van der Waals surface area (Å²) in [6, 6.07) is 3.88. The van der Waals surface area contributed by atoms with E-state index in [1.54, 1.807) is 11.8 Å². The molecule has 2 N–H and O–H groups in total. The normalized spacial score (nSPS) is 11.1. The number of aromatic nitrogens is 3. The molecule has 0 unspecified atom stereocenters. The molecule has 2 rings (SSSR count). The van der Waals surface area contributed by atoms with Gasteiger partial charge < -0.3 is 10.3 Å². The largest absolute Gasteiger partial charge is 0.325 e. The molecule has 2 aromatic rings. The highest BCUT2D eigenvalue weighted by Gasteiger charge is 2.07. The van der Waals surface area contributed by atoms with Gasteiger partial charge in [0.1, 0.15) is 5.52 Å². The van der Waals surface area contributed by atoms with Gasteiger partial charge in [0.05, 0.1) is 5.69 Å². The van der Waals surface area contributed by atoms with Crippen molar-refractivity contribution in [1.29, 1.82) is 0 Å². The van der Waals surface area contributed by atoms with Crippen LogP contribution >= 0.6 is 11.8 Å². The van der Waals surface area contributed by atoms with Crippen LogP contribution in [0.1, 0.15) is 5.69 Å². The summed E-state index contributed by atoms with van der Waals surface area (Å²) in [5.41, 5.74) is 8.25. The first-order valence-corrected chi connectivity index (χ1v) is 5.55. The summed E-state index contributed by atoms with van der Waals surface area (Å²) in [7, 11) is 1.97. The number of pyridine rings is 1. The van der Waals surface area contributed by atoms with Gasteiger partial charge in [0, 0.05) is 13.6 Å². The number of fused-ring (bicyclic) bond motifs is 1. The zero-order valence-electron chi connectivity index (χ0n) is 8.19. The molecule has 0 bridgehead atoms. The second kappa shape index (κ2) is 3.59. The van der Waals surface area contributed by atoms with Gasteiger partial charge in [-0.3, -0.25) is 0 Å². The van der Waals surface area contributed by atoms with E-state index in [2.05, 4.69) is 9.97 Å². The zero-order valence-corrected chi connectivity index (χ0v) is 9.01. The molecule has 0 saturated heterocycles. The highest BCUT2D eigenvalue weighted by molar-refractivity contribution is 7.98. The predicted molar refractivity (Wildman–Crippen MR) is 58.2 cm³/mol. The third kappa shape index (κ3) is 1.38. The van der Waals surface area contributed by atoms with Gasteiger partial charge in [-0.25, -0.2) is 9.97 Å². The Balaban J connectivity index is 2.68. The minimum atomic E-state index is 0.468.